The monoisotopic (exact) mass is 243 g/mol. The van der Waals surface area contributed by atoms with E-state index >= 15 is 0 Å². The highest BCUT2D eigenvalue weighted by Gasteiger charge is 1.97. The van der Waals surface area contributed by atoms with E-state index in [-0.39, 0.29) is 0 Å². The summed E-state index contributed by atoms with van der Waals surface area (Å²) < 4.78 is 5.65. The molecule has 0 saturated heterocycles. The number of rotatable bonds is 13. The van der Waals surface area contributed by atoms with Gasteiger partial charge in [0.25, 0.3) is 0 Å². The molecule has 17 heavy (non-hydrogen) atoms. The Kier molecular flexibility index (Phi) is 13.9. The fourth-order valence-electron chi connectivity index (χ4n) is 1.94. The summed E-state index contributed by atoms with van der Waals surface area (Å²) in [6, 6.07) is 0. The number of nitrogens with zero attached hydrogens (tertiary/aromatic N) is 1. The first-order valence-electron chi connectivity index (χ1n) is 7.65. The van der Waals surface area contributed by atoms with Crippen molar-refractivity contribution in [2.24, 2.45) is 0 Å². The van der Waals surface area contributed by atoms with E-state index in [2.05, 4.69) is 25.7 Å². The molecule has 0 saturated carbocycles. The molecule has 0 bridgehead atoms. The lowest BCUT2D eigenvalue weighted by atomic mass is 10.1. The molecule has 0 spiro atoms. The van der Waals surface area contributed by atoms with Crippen molar-refractivity contribution in [1.29, 1.82) is 0 Å². The van der Waals surface area contributed by atoms with Crippen molar-refractivity contribution in [2.75, 3.05) is 26.4 Å². The van der Waals surface area contributed by atoms with Crippen molar-refractivity contribution in [3.05, 3.63) is 0 Å². The predicted octanol–water partition coefficient (Wildman–Crippen LogP) is 4.44. The summed E-state index contributed by atoms with van der Waals surface area (Å²) in [6.07, 6.45) is 11.0. The first kappa shape index (κ1) is 16.9. The van der Waals surface area contributed by atoms with Gasteiger partial charge in [-0.05, 0) is 19.5 Å². The normalized spacial score (nSPS) is 11.3. The van der Waals surface area contributed by atoms with Gasteiger partial charge in [-0.3, -0.25) is 4.90 Å². The van der Waals surface area contributed by atoms with E-state index in [0.717, 1.165) is 26.4 Å². The van der Waals surface area contributed by atoms with E-state index in [0.29, 0.717) is 0 Å². The SMILES string of the molecule is CCCCCCCCCCOCN(CC)CC. The molecule has 0 atom stereocenters. The van der Waals surface area contributed by atoms with Crippen LogP contribution in [0, 0.1) is 0 Å². The molecule has 0 fully saturated rings. The van der Waals surface area contributed by atoms with Gasteiger partial charge in [0, 0.05) is 6.61 Å². The van der Waals surface area contributed by atoms with Crippen molar-refractivity contribution in [3.8, 4) is 0 Å². The van der Waals surface area contributed by atoms with Gasteiger partial charge in [0.15, 0.2) is 0 Å². The summed E-state index contributed by atoms with van der Waals surface area (Å²) in [5, 5.41) is 0. The van der Waals surface area contributed by atoms with Gasteiger partial charge >= 0.3 is 0 Å². The largest absolute Gasteiger partial charge is 0.366 e. The molecule has 0 radical (unpaired) electrons. The van der Waals surface area contributed by atoms with Crippen LogP contribution in [-0.2, 0) is 4.74 Å². The molecular weight excluding hydrogens is 210 g/mol. The third kappa shape index (κ3) is 12.2. The maximum absolute atomic E-state index is 5.65. The van der Waals surface area contributed by atoms with Gasteiger partial charge in [0.1, 0.15) is 0 Å². The van der Waals surface area contributed by atoms with Gasteiger partial charge in [-0.25, -0.2) is 0 Å². The van der Waals surface area contributed by atoms with Gasteiger partial charge in [0.2, 0.25) is 0 Å². The lowest BCUT2D eigenvalue weighted by Gasteiger charge is -2.17. The Morgan fingerprint density at radius 3 is 1.76 bits per heavy atom. The summed E-state index contributed by atoms with van der Waals surface area (Å²) in [5.41, 5.74) is 0. The maximum atomic E-state index is 5.65. The van der Waals surface area contributed by atoms with Crippen LogP contribution in [0.5, 0.6) is 0 Å². The Bertz CT molecular complexity index is 135. The molecule has 0 aliphatic heterocycles. The zero-order chi connectivity index (χ0) is 12.8. The molecule has 2 heteroatoms. The third-order valence-electron chi connectivity index (χ3n) is 3.31. The summed E-state index contributed by atoms with van der Waals surface area (Å²) >= 11 is 0. The minimum Gasteiger partial charge on any atom is -0.366 e. The Morgan fingerprint density at radius 2 is 1.24 bits per heavy atom. The second-order valence-electron chi connectivity index (χ2n) is 4.82. The second kappa shape index (κ2) is 14.0. The Hall–Kier alpha value is -0.0800. The standard InChI is InChI=1S/C15H33NO/c1-4-7-8-9-10-11-12-13-14-17-15-16(5-2)6-3/h4-15H2,1-3H3. The summed E-state index contributed by atoms with van der Waals surface area (Å²) in [7, 11) is 0. The van der Waals surface area contributed by atoms with Gasteiger partial charge in [-0.2, -0.15) is 0 Å². The van der Waals surface area contributed by atoms with Crippen molar-refractivity contribution in [2.45, 2.75) is 72.1 Å². The molecule has 0 amide bonds. The van der Waals surface area contributed by atoms with Gasteiger partial charge in [-0.1, -0.05) is 65.7 Å². The summed E-state index contributed by atoms with van der Waals surface area (Å²) in [6.45, 7) is 10.6. The Morgan fingerprint density at radius 1 is 0.706 bits per heavy atom. The molecule has 0 heterocycles. The van der Waals surface area contributed by atoms with Crippen LogP contribution in [0.25, 0.3) is 0 Å². The van der Waals surface area contributed by atoms with Crippen LogP contribution in [-0.4, -0.2) is 31.3 Å². The molecule has 0 aliphatic rings. The van der Waals surface area contributed by atoms with E-state index < -0.39 is 0 Å². The zero-order valence-corrected chi connectivity index (χ0v) is 12.3. The molecule has 104 valence electrons. The van der Waals surface area contributed by atoms with E-state index in [4.69, 9.17) is 4.74 Å². The van der Waals surface area contributed by atoms with E-state index in [1.807, 2.05) is 0 Å². The molecule has 0 rings (SSSR count). The van der Waals surface area contributed by atoms with E-state index in [1.165, 1.54) is 51.4 Å². The van der Waals surface area contributed by atoms with Crippen LogP contribution in [0.1, 0.15) is 72.1 Å². The first-order valence-corrected chi connectivity index (χ1v) is 7.65. The van der Waals surface area contributed by atoms with Crippen molar-refractivity contribution in [1.82, 2.24) is 4.90 Å². The molecule has 0 aromatic carbocycles. The maximum Gasteiger partial charge on any atom is 0.0990 e. The Balaban J connectivity index is 3.03. The van der Waals surface area contributed by atoms with Gasteiger partial charge in [-0.15, -0.1) is 0 Å². The smallest absolute Gasteiger partial charge is 0.0990 e. The average Bonchev–Trinajstić information content (AvgIpc) is 2.36. The van der Waals surface area contributed by atoms with Crippen molar-refractivity contribution in [3.63, 3.8) is 0 Å². The van der Waals surface area contributed by atoms with Crippen LogP contribution < -0.4 is 0 Å². The van der Waals surface area contributed by atoms with Gasteiger partial charge < -0.3 is 4.74 Å². The molecule has 0 aromatic rings. The summed E-state index contributed by atoms with van der Waals surface area (Å²) in [5.74, 6) is 0. The average molecular weight is 243 g/mol. The Labute approximate surface area is 109 Å². The minimum absolute atomic E-state index is 0.809. The van der Waals surface area contributed by atoms with Crippen molar-refractivity contribution >= 4 is 0 Å². The van der Waals surface area contributed by atoms with Crippen LogP contribution in [0.3, 0.4) is 0 Å². The zero-order valence-electron chi connectivity index (χ0n) is 12.3. The highest BCUT2D eigenvalue weighted by atomic mass is 16.5. The number of hydrogen-bond acceptors (Lipinski definition) is 2. The van der Waals surface area contributed by atoms with E-state index in [9.17, 15) is 0 Å². The number of hydrogen-bond donors (Lipinski definition) is 0. The number of ether oxygens (including phenoxy) is 1. The van der Waals surface area contributed by atoms with E-state index in [1.54, 1.807) is 0 Å². The molecule has 2 nitrogen and oxygen atoms in total. The molecule has 0 aliphatic carbocycles. The fraction of sp³-hybridized carbons (Fsp3) is 1.00. The quantitative estimate of drug-likeness (QED) is 0.350. The van der Waals surface area contributed by atoms with Crippen LogP contribution in [0.15, 0.2) is 0 Å². The third-order valence-corrected chi connectivity index (χ3v) is 3.31. The highest BCUT2D eigenvalue weighted by molar-refractivity contribution is 4.47. The molecule has 0 N–H and O–H groups in total. The predicted molar refractivity (Wildman–Crippen MR) is 76.4 cm³/mol. The second-order valence-corrected chi connectivity index (χ2v) is 4.82. The first-order chi connectivity index (χ1) is 8.35. The fourth-order valence-corrected chi connectivity index (χ4v) is 1.94. The van der Waals surface area contributed by atoms with Crippen LogP contribution in [0.4, 0.5) is 0 Å². The topological polar surface area (TPSA) is 12.5 Å². The highest BCUT2D eigenvalue weighted by Crippen LogP contribution is 2.08. The molecule has 0 unspecified atom stereocenters. The summed E-state index contributed by atoms with van der Waals surface area (Å²) in [4.78, 5) is 2.31. The minimum atomic E-state index is 0.809. The van der Waals surface area contributed by atoms with Crippen LogP contribution in [0.2, 0.25) is 0 Å². The molecular formula is C15H33NO. The molecule has 0 aromatic heterocycles. The lowest BCUT2D eigenvalue weighted by molar-refractivity contribution is 0.0323. The number of unbranched alkanes of at least 4 members (excludes halogenated alkanes) is 7. The van der Waals surface area contributed by atoms with Crippen LogP contribution >= 0.6 is 0 Å². The lowest BCUT2D eigenvalue weighted by Crippen LogP contribution is -2.26. The van der Waals surface area contributed by atoms with Crippen molar-refractivity contribution < 1.29 is 4.74 Å². The van der Waals surface area contributed by atoms with Gasteiger partial charge in [0.05, 0.1) is 6.73 Å².